The molecule has 0 N–H and O–H groups in total. The number of likely N-dealkylation sites (N-methyl/N-ethyl adjacent to an activating group) is 1. The van der Waals surface area contributed by atoms with Gasteiger partial charge in [-0.05, 0) is 51.9 Å². The molecule has 2 atom stereocenters. The van der Waals surface area contributed by atoms with Crippen LogP contribution in [0.25, 0.3) is 11.0 Å². The summed E-state index contributed by atoms with van der Waals surface area (Å²) in [5.41, 5.74) is 4.86. The van der Waals surface area contributed by atoms with Crippen molar-refractivity contribution in [3.8, 4) is 0 Å². The smallest absolute Gasteiger partial charge is 0.111 e. The predicted octanol–water partition coefficient (Wildman–Crippen LogP) is 2.79. The first-order valence-electron chi connectivity index (χ1n) is 8.13. The van der Waals surface area contributed by atoms with Crippen molar-refractivity contribution in [1.82, 2.24) is 19.7 Å². The number of hydrogen-bond acceptors (Lipinski definition) is 3. The topological polar surface area (TPSA) is 34.0 Å². The van der Waals surface area contributed by atoms with E-state index in [0.717, 1.165) is 16.7 Å². The Morgan fingerprint density at radius 3 is 2.90 bits per heavy atom. The van der Waals surface area contributed by atoms with E-state index in [4.69, 9.17) is 4.98 Å². The van der Waals surface area contributed by atoms with Gasteiger partial charge in [-0.1, -0.05) is 12.8 Å². The summed E-state index contributed by atoms with van der Waals surface area (Å²) in [7, 11) is 4.29. The monoisotopic (exact) mass is 284 g/mol. The third-order valence-corrected chi connectivity index (χ3v) is 5.81. The maximum atomic E-state index is 5.08. The van der Waals surface area contributed by atoms with Gasteiger partial charge in [-0.25, -0.2) is 4.98 Å². The van der Waals surface area contributed by atoms with Crippen LogP contribution in [0.1, 0.15) is 43.5 Å². The fourth-order valence-corrected chi connectivity index (χ4v) is 4.70. The van der Waals surface area contributed by atoms with Crippen LogP contribution in [0.3, 0.4) is 0 Å². The van der Waals surface area contributed by atoms with E-state index in [1.54, 1.807) is 0 Å². The van der Waals surface area contributed by atoms with Crippen molar-refractivity contribution in [2.75, 3.05) is 13.6 Å². The Balaban J connectivity index is 1.86. The van der Waals surface area contributed by atoms with E-state index in [-0.39, 0.29) is 5.41 Å². The van der Waals surface area contributed by atoms with Gasteiger partial charge >= 0.3 is 0 Å². The molecule has 1 aliphatic heterocycles. The van der Waals surface area contributed by atoms with Gasteiger partial charge in [0, 0.05) is 24.2 Å². The Bertz CT molecular complexity index is 685. The summed E-state index contributed by atoms with van der Waals surface area (Å²) in [5.74, 6) is 0. The lowest BCUT2D eigenvalue weighted by Crippen LogP contribution is -2.44. The van der Waals surface area contributed by atoms with Crippen molar-refractivity contribution in [2.45, 2.75) is 50.5 Å². The highest BCUT2D eigenvalue weighted by Gasteiger charge is 2.49. The summed E-state index contributed by atoms with van der Waals surface area (Å²) in [6.45, 7) is 3.27. The molecule has 0 spiro atoms. The maximum absolute atomic E-state index is 5.08. The Hall–Kier alpha value is -1.42. The predicted molar refractivity (Wildman–Crippen MR) is 84.4 cm³/mol. The first kappa shape index (κ1) is 13.3. The van der Waals surface area contributed by atoms with Crippen molar-refractivity contribution in [1.29, 1.82) is 0 Å². The molecule has 2 aromatic heterocycles. The first-order chi connectivity index (χ1) is 10.1. The lowest BCUT2D eigenvalue weighted by atomic mass is 9.68. The minimum absolute atomic E-state index is 0.281. The van der Waals surface area contributed by atoms with Crippen molar-refractivity contribution in [3.63, 3.8) is 0 Å². The second kappa shape index (κ2) is 4.54. The van der Waals surface area contributed by atoms with E-state index in [1.165, 1.54) is 44.3 Å². The third kappa shape index (κ3) is 1.78. The zero-order chi connectivity index (χ0) is 14.6. The summed E-state index contributed by atoms with van der Waals surface area (Å²) >= 11 is 0. The molecule has 0 aromatic carbocycles. The number of aryl methyl sites for hydroxylation is 2. The molecule has 4 heteroatoms. The lowest BCUT2D eigenvalue weighted by Gasteiger charge is -2.40. The molecule has 0 bridgehead atoms. The molecule has 1 saturated carbocycles. The van der Waals surface area contributed by atoms with E-state index < -0.39 is 0 Å². The molecule has 0 radical (unpaired) electrons. The summed E-state index contributed by atoms with van der Waals surface area (Å²) in [6, 6.07) is 5.16. The van der Waals surface area contributed by atoms with Gasteiger partial charge in [0.15, 0.2) is 0 Å². The van der Waals surface area contributed by atoms with Gasteiger partial charge in [0.05, 0.1) is 11.2 Å². The van der Waals surface area contributed by atoms with E-state index >= 15 is 0 Å². The summed E-state index contributed by atoms with van der Waals surface area (Å²) in [4.78, 5) is 7.63. The molecular weight excluding hydrogens is 260 g/mol. The van der Waals surface area contributed by atoms with Gasteiger partial charge in [-0.15, -0.1) is 0 Å². The van der Waals surface area contributed by atoms with Gasteiger partial charge in [0.25, 0.3) is 0 Å². The van der Waals surface area contributed by atoms with Crippen LogP contribution in [0.5, 0.6) is 0 Å². The zero-order valence-corrected chi connectivity index (χ0v) is 13.3. The Labute approximate surface area is 126 Å². The molecule has 1 aliphatic carbocycles. The minimum Gasteiger partial charge on any atom is -0.302 e. The van der Waals surface area contributed by atoms with Crippen LogP contribution in [0.4, 0.5) is 0 Å². The van der Waals surface area contributed by atoms with Crippen LogP contribution in [0, 0.1) is 6.92 Å². The van der Waals surface area contributed by atoms with Crippen molar-refractivity contribution >= 4 is 11.0 Å². The first-order valence-corrected chi connectivity index (χ1v) is 8.13. The Morgan fingerprint density at radius 1 is 1.19 bits per heavy atom. The largest absolute Gasteiger partial charge is 0.302 e. The van der Waals surface area contributed by atoms with Crippen LogP contribution < -0.4 is 0 Å². The second-order valence-corrected chi connectivity index (χ2v) is 6.92. The highest BCUT2D eigenvalue weighted by molar-refractivity contribution is 5.77. The molecule has 0 unspecified atom stereocenters. The van der Waals surface area contributed by atoms with Crippen molar-refractivity contribution in [3.05, 3.63) is 23.5 Å². The van der Waals surface area contributed by atoms with Gasteiger partial charge in [-0.2, -0.15) is 5.10 Å². The van der Waals surface area contributed by atoms with Gasteiger partial charge in [-0.3, -0.25) is 4.68 Å². The highest BCUT2D eigenvalue weighted by atomic mass is 15.3. The molecule has 4 nitrogen and oxygen atoms in total. The van der Waals surface area contributed by atoms with Crippen LogP contribution in [-0.4, -0.2) is 39.3 Å². The molecule has 0 amide bonds. The number of hydrogen-bond donors (Lipinski definition) is 0. The summed E-state index contributed by atoms with van der Waals surface area (Å²) in [6.07, 6.45) is 6.58. The van der Waals surface area contributed by atoms with Crippen molar-refractivity contribution in [2.24, 2.45) is 7.05 Å². The molecule has 2 aliphatic rings. The summed E-state index contributed by atoms with van der Waals surface area (Å²) in [5, 5.41) is 4.52. The quantitative estimate of drug-likeness (QED) is 0.807. The van der Waals surface area contributed by atoms with Crippen molar-refractivity contribution < 1.29 is 0 Å². The maximum Gasteiger partial charge on any atom is 0.111 e. The van der Waals surface area contributed by atoms with Gasteiger partial charge in [0.1, 0.15) is 5.52 Å². The number of fused-ring (bicyclic) bond motifs is 2. The number of pyridine rings is 1. The number of rotatable bonds is 1. The molecule has 2 fully saturated rings. The Morgan fingerprint density at radius 2 is 2.05 bits per heavy atom. The minimum atomic E-state index is 0.281. The third-order valence-electron chi connectivity index (χ3n) is 5.81. The molecule has 1 saturated heterocycles. The summed E-state index contributed by atoms with van der Waals surface area (Å²) < 4.78 is 1.94. The van der Waals surface area contributed by atoms with E-state index in [9.17, 15) is 0 Å². The number of nitrogens with zero attached hydrogens (tertiary/aromatic N) is 4. The molecule has 21 heavy (non-hydrogen) atoms. The van der Waals surface area contributed by atoms with Gasteiger partial charge in [0.2, 0.25) is 0 Å². The lowest BCUT2D eigenvalue weighted by molar-refractivity contribution is 0.179. The fourth-order valence-electron chi connectivity index (χ4n) is 4.70. The van der Waals surface area contributed by atoms with E-state index in [1.807, 2.05) is 11.7 Å². The average molecular weight is 284 g/mol. The van der Waals surface area contributed by atoms with Crippen LogP contribution in [-0.2, 0) is 12.5 Å². The van der Waals surface area contributed by atoms with Crippen LogP contribution in [0.15, 0.2) is 12.1 Å². The Kier molecular flexibility index (Phi) is 2.86. The molecule has 112 valence electrons. The zero-order valence-electron chi connectivity index (χ0n) is 13.3. The fraction of sp³-hybridized carbons (Fsp3) is 0.647. The SMILES string of the molecule is Cc1nn(C)c2ccc([C@@]34CCCC[C@@H]3N(C)CC4)nc12. The van der Waals surface area contributed by atoms with E-state index in [0.29, 0.717) is 6.04 Å². The van der Waals surface area contributed by atoms with Crippen LogP contribution in [0.2, 0.25) is 0 Å². The second-order valence-electron chi connectivity index (χ2n) is 6.92. The number of aromatic nitrogens is 3. The highest BCUT2D eigenvalue weighted by Crippen LogP contribution is 2.47. The van der Waals surface area contributed by atoms with E-state index in [2.05, 4.69) is 36.1 Å². The molecule has 3 heterocycles. The van der Waals surface area contributed by atoms with Crippen LogP contribution >= 0.6 is 0 Å². The average Bonchev–Trinajstić information content (AvgIpc) is 2.99. The molecule has 2 aromatic rings. The number of likely N-dealkylation sites (tertiary alicyclic amines) is 1. The molecular formula is C17H24N4. The standard InChI is InChI=1S/C17H24N4/c1-12-16-13(21(3)19-12)7-8-14(18-16)17-9-5-4-6-15(17)20(2)11-10-17/h7-8,15H,4-6,9-11H2,1-3H3/t15-,17-/m0/s1. The normalized spacial score (nSPS) is 30.0. The van der Waals surface area contributed by atoms with Gasteiger partial charge < -0.3 is 4.90 Å². The molecule has 4 rings (SSSR count).